The zero-order valence-electron chi connectivity index (χ0n) is 9.71. The van der Waals surface area contributed by atoms with Gasteiger partial charge in [-0.1, -0.05) is 13.8 Å². The van der Waals surface area contributed by atoms with Crippen LogP contribution in [0.25, 0.3) is 0 Å². The highest BCUT2D eigenvalue weighted by Crippen LogP contribution is 1.96. The van der Waals surface area contributed by atoms with Gasteiger partial charge >= 0.3 is 0 Å². The van der Waals surface area contributed by atoms with Gasteiger partial charge in [-0.25, -0.2) is 5.48 Å². The second kappa shape index (κ2) is 6.44. The Morgan fingerprint density at radius 2 is 2.38 bits per heavy atom. The number of rotatable bonds is 6. The largest absolute Gasteiger partial charge is 0.342 e. The average molecular weight is 229 g/mol. The van der Waals surface area contributed by atoms with E-state index >= 15 is 0 Å². The van der Waals surface area contributed by atoms with Gasteiger partial charge in [0.2, 0.25) is 5.91 Å². The van der Waals surface area contributed by atoms with E-state index in [4.69, 9.17) is 4.84 Å². The van der Waals surface area contributed by atoms with Crippen LogP contribution >= 0.6 is 0 Å². The fraction of sp³-hybridized carbons (Fsp3) is 0.800. The van der Waals surface area contributed by atoms with E-state index < -0.39 is 6.04 Å². The van der Waals surface area contributed by atoms with E-state index in [0.717, 1.165) is 13.0 Å². The van der Waals surface area contributed by atoms with Crippen LogP contribution in [0.15, 0.2) is 0 Å². The minimum atomic E-state index is -0.537. The van der Waals surface area contributed by atoms with Crippen molar-refractivity contribution in [2.45, 2.75) is 38.8 Å². The predicted molar refractivity (Wildman–Crippen MR) is 58.4 cm³/mol. The monoisotopic (exact) mass is 229 g/mol. The molecule has 0 unspecified atom stereocenters. The molecule has 6 nitrogen and oxygen atoms in total. The third kappa shape index (κ3) is 4.59. The van der Waals surface area contributed by atoms with Crippen molar-refractivity contribution in [1.82, 2.24) is 16.1 Å². The van der Waals surface area contributed by atoms with E-state index in [1.165, 1.54) is 0 Å². The minimum Gasteiger partial charge on any atom is -0.342 e. The Labute approximate surface area is 95.1 Å². The van der Waals surface area contributed by atoms with Crippen molar-refractivity contribution in [1.29, 1.82) is 0 Å². The molecule has 1 aliphatic rings. The van der Waals surface area contributed by atoms with Crippen LogP contribution < -0.4 is 16.1 Å². The first-order valence-corrected chi connectivity index (χ1v) is 5.54. The highest BCUT2D eigenvalue weighted by Gasteiger charge is 2.26. The molecule has 0 aromatic rings. The number of hydrogen-bond acceptors (Lipinski definition) is 4. The summed E-state index contributed by atoms with van der Waals surface area (Å²) in [7, 11) is 0. The minimum absolute atomic E-state index is 0.115. The number of hydrogen-bond donors (Lipinski definition) is 3. The molecule has 16 heavy (non-hydrogen) atoms. The van der Waals surface area contributed by atoms with Gasteiger partial charge in [-0.15, -0.1) is 0 Å². The summed E-state index contributed by atoms with van der Waals surface area (Å²) in [6, 6.07) is -0.109. The molecule has 0 aliphatic carbocycles. The van der Waals surface area contributed by atoms with Gasteiger partial charge in [0.05, 0.1) is 0 Å². The van der Waals surface area contributed by atoms with Crippen molar-refractivity contribution in [3.63, 3.8) is 0 Å². The molecule has 1 saturated heterocycles. The Hall–Kier alpha value is -1.14. The van der Waals surface area contributed by atoms with Gasteiger partial charge in [0.25, 0.3) is 5.91 Å². The Morgan fingerprint density at radius 3 is 2.94 bits per heavy atom. The van der Waals surface area contributed by atoms with Crippen LogP contribution in [0.1, 0.15) is 26.7 Å². The molecule has 1 aliphatic heterocycles. The Kier molecular flexibility index (Phi) is 5.21. The van der Waals surface area contributed by atoms with Crippen LogP contribution in [0.4, 0.5) is 0 Å². The van der Waals surface area contributed by atoms with Crippen molar-refractivity contribution in [2.24, 2.45) is 0 Å². The molecule has 6 heteroatoms. The highest BCUT2D eigenvalue weighted by molar-refractivity contribution is 5.88. The zero-order valence-corrected chi connectivity index (χ0v) is 9.71. The Balaban J connectivity index is 2.09. The lowest BCUT2D eigenvalue weighted by Crippen LogP contribution is -2.41. The second-order valence-electron chi connectivity index (χ2n) is 4.11. The topological polar surface area (TPSA) is 79.5 Å². The molecule has 0 spiro atoms. The lowest BCUT2D eigenvalue weighted by Gasteiger charge is -2.09. The van der Waals surface area contributed by atoms with Crippen molar-refractivity contribution in [3.8, 4) is 0 Å². The quantitative estimate of drug-likeness (QED) is 0.527. The molecule has 0 aromatic heterocycles. The van der Waals surface area contributed by atoms with E-state index in [-0.39, 0.29) is 18.4 Å². The zero-order chi connectivity index (χ0) is 12.0. The molecule has 1 heterocycles. The van der Waals surface area contributed by atoms with Crippen LogP contribution in [0.3, 0.4) is 0 Å². The van der Waals surface area contributed by atoms with Crippen LogP contribution in [0.5, 0.6) is 0 Å². The van der Waals surface area contributed by atoms with Crippen molar-refractivity contribution >= 4 is 11.8 Å². The van der Waals surface area contributed by atoms with Gasteiger partial charge in [-0.3, -0.25) is 14.4 Å². The summed E-state index contributed by atoms with van der Waals surface area (Å²) in [5.41, 5.74) is 2.19. The smallest absolute Gasteiger partial charge is 0.268 e. The molecule has 0 bridgehead atoms. The summed E-state index contributed by atoms with van der Waals surface area (Å²) < 4.78 is 0. The molecular formula is C10H19N3O3. The predicted octanol–water partition coefficient (Wildman–Crippen LogP) is -0.689. The van der Waals surface area contributed by atoms with Crippen LogP contribution in [-0.4, -0.2) is 37.0 Å². The van der Waals surface area contributed by atoms with Gasteiger partial charge < -0.3 is 10.6 Å². The molecular weight excluding hydrogens is 210 g/mol. The van der Waals surface area contributed by atoms with Gasteiger partial charge in [0.15, 0.2) is 0 Å². The summed E-state index contributed by atoms with van der Waals surface area (Å²) in [4.78, 5) is 27.2. The second-order valence-corrected chi connectivity index (χ2v) is 4.11. The van der Waals surface area contributed by atoms with E-state index in [0.29, 0.717) is 12.5 Å². The van der Waals surface area contributed by atoms with Gasteiger partial charge in [-0.05, 0) is 13.0 Å². The molecule has 1 fully saturated rings. The van der Waals surface area contributed by atoms with E-state index in [1.54, 1.807) is 0 Å². The van der Waals surface area contributed by atoms with Gasteiger partial charge in [0.1, 0.15) is 12.6 Å². The van der Waals surface area contributed by atoms with Crippen molar-refractivity contribution in [2.75, 3.05) is 13.2 Å². The lowest BCUT2D eigenvalue weighted by atomic mass is 10.2. The van der Waals surface area contributed by atoms with Crippen LogP contribution in [-0.2, 0) is 14.4 Å². The number of carbonyl (C=O) groups is 2. The number of amides is 2. The molecule has 0 aromatic carbocycles. The first-order chi connectivity index (χ1) is 7.59. The SMILES string of the molecule is CC(C)NCCCC(=O)N[C@@H]1CONC1=O. The van der Waals surface area contributed by atoms with Crippen LogP contribution in [0, 0.1) is 0 Å². The summed E-state index contributed by atoms with van der Waals surface area (Å²) in [6.07, 6.45) is 1.18. The summed E-state index contributed by atoms with van der Waals surface area (Å²) in [5, 5.41) is 5.83. The van der Waals surface area contributed by atoms with Crippen molar-refractivity contribution < 1.29 is 14.4 Å². The third-order valence-corrected chi connectivity index (χ3v) is 2.21. The molecule has 1 rings (SSSR count). The maximum atomic E-state index is 11.4. The molecule has 1 atom stereocenters. The molecule has 2 amide bonds. The van der Waals surface area contributed by atoms with E-state index in [1.807, 2.05) is 0 Å². The number of hydroxylamine groups is 1. The summed E-state index contributed by atoms with van der Waals surface area (Å²) in [6.45, 7) is 5.12. The molecule has 0 radical (unpaired) electrons. The van der Waals surface area contributed by atoms with Gasteiger partial charge in [0, 0.05) is 12.5 Å². The third-order valence-electron chi connectivity index (χ3n) is 2.21. The molecule has 92 valence electrons. The average Bonchev–Trinajstić information content (AvgIpc) is 2.59. The Morgan fingerprint density at radius 1 is 1.62 bits per heavy atom. The fourth-order valence-electron chi connectivity index (χ4n) is 1.36. The normalized spacial score (nSPS) is 19.9. The number of carbonyl (C=O) groups excluding carboxylic acids is 2. The maximum absolute atomic E-state index is 11.4. The van der Waals surface area contributed by atoms with Gasteiger partial charge in [-0.2, -0.15) is 0 Å². The maximum Gasteiger partial charge on any atom is 0.268 e. The molecule has 0 saturated carbocycles. The fourth-order valence-corrected chi connectivity index (χ4v) is 1.36. The highest BCUT2D eigenvalue weighted by atomic mass is 16.7. The standard InChI is InChI=1S/C10H19N3O3/c1-7(2)11-5-3-4-9(14)12-8-6-16-13-10(8)15/h7-8,11H,3-6H2,1-2H3,(H,12,14)(H,13,15)/t8-/m1/s1. The lowest BCUT2D eigenvalue weighted by molar-refractivity contribution is -0.128. The van der Waals surface area contributed by atoms with E-state index in [2.05, 4.69) is 30.0 Å². The van der Waals surface area contributed by atoms with Crippen LogP contribution in [0.2, 0.25) is 0 Å². The summed E-state index contributed by atoms with van der Waals surface area (Å²) >= 11 is 0. The van der Waals surface area contributed by atoms with Crippen molar-refractivity contribution in [3.05, 3.63) is 0 Å². The van der Waals surface area contributed by atoms with E-state index in [9.17, 15) is 9.59 Å². The number of nitrogens with one attached hydrogen (secondary N) is 3. The molecule has 3 N–H and O–H groups in total. The first kappa shape index (κ1) is 12.9. The first-order valence-electron chi connectivity index (χ1n) is 5.54. The summed E-state index contributed by atoms with van der Waals surface area (Å²) in [5.74, 6) is -0.398. The Bertz CT molecular complexity index is 256.